The van der Waals surface area contributed by atoms with E-state index in [1.165, 1.54) is 5.56 Å². The summed E-state index contributed by atoms with van der Waals surface area (Å²) in [6.45, 7) is 0. The summed E-state index contributed by atoms with van der Waals surface area (Å²) in [5, 5.41) is 23.8. The highest BCUT2D eigenvalue weighted by molar-refractivity contribution is 6.10. The van der Waals surface area contributed by atoms with Gasteiger partial charge in [0.1, 0.15) is 24.0 Å². The summed E-state index contributed by atoms with van der Waals surface area (Å²) in [5.41, 5.74) is 8.64. The summed E-state index contributed by atoms with van der Waals surface area (Å²) < 4.78 is 0. The van der Waals surface area contributed by atoms with Crippen molar-refractivity contribution in [2.45, 2.75) is 18.4 Å². The molecule has 214 valence electrons. The number of aliphatic imine (C=N–C) groups is 1. The molecule has 1 N–H and O–H groups in total. The largest absolute Gasteiger partial charge is 0.339 e. The van der Waals surface area contributed by atoms with E-state index >= 15 is 0 Å². The van der Waals surface area contributed by atoms with Crippen LogP contribution >= 0.6 is 0 Å². The van der Waals surface area contributed by atoms with Gasteiger partial charge in [0.15, 0.2) is 0 Å². The average molecular weight is 580 g/mol. The molecule has 5 aromatic carbocycles. The van der Waals surface area contributed by atoms with Crippen LogP contribution in [0.5, 0.6) is 0 Å². The Morgan fingerprint density at radius 2 is 1.42 bits per heavy atom. The van der Waals surface area contributed by atoms with Gasteiger partial charge in [0, 0.05) is 28.4 Å². The summed E-state index contributed by atoms with van der Waals surface area (Å²) in [5.74, 6) is 0.995. The molecule has 5 heteroatoms. The number of para-hydroxylation sites is 2. The highest BCUT2D eigenvalue weighted by atomic mass is 15.1. The topological polar surface area (TPSA) is 75.2 Å². The number of fused-ring (bicyclic) bond motifs is 1. The van der Waals surface area contributed by atoms with Crippen molar-refractivity contribution in [1.82, 2.24) is 0 Å². The standard InChI is InChI=1S/C40H29N5/c41-26-32-15-10-18-36-38(43-40(44-39(32)36)30-13-6-2-7-14-30)31-21-24-37(33(25-31)27-42)45(34-16-8-3-9-17-34)35-22-19-29(20-23-35)28-11-4-1-5-12-28/h1-19,21-25,29,38H,20H2,(H,43,44). The predicted octanol–water partition coefficient (Wildman–Crippen LogP) is 9.16. The van der Waals surface area contributed by atoms with Gasteiger partial charge in [-0.3, -0.25) is 4.99 Å². The lowest BCUT2D eigenvalue weighted by atomic mass is 9.90. The average Bonchev–Trinajstić information content (AvgIpc) is 3.12. The minimum Gasteiger partial charge on any atom is -0.339 e. The Hall–Kier alpha value is -6.17. The monoisotopic (exact) mass is 579 g/mol. The molecule has 0 radical (unpaired) electrons. The highest BCUT2D eigenvalue weighted by Crippen LogP contribution is 2.41. The molecule has 0 spiro atoms. The van der Waals surface area contributed by atoms with E-state index in [1.54, 1.807) is 0 Å². The number of nitrogens with zero attached hydrogens (tertiary/aromatic N) is 4. The number of benzene rings is 5. The number of hydrogen-bond donors (Lipinski definition) is 1. The molecule has 0 saturated heterocycles. The third kappa shape index (κ3) is 5.40. The van der Waals surface area contributed by atoms with Crippen molar-refractivity contribution in [3.05, 3.63) is 185 Å². The fourth-order valence-corrected chi connectivity index (χ4v) is 6.11. The summed E-state index contributed by atoms with van der Waals surface area (Å²) in [4.78, 5) is 7.28. The first-order valence-electron chi connectivity index (χ1n) is 15.0. The molecular formula is C40H29N5. The molecule has 0 aromatic heterocycles. The SMILES string of the molecule is N#Cc1cc(C2N=C(c3ccccc3)Nc3c(C#N)cccc32)ccc1N(C1=CCC(c2ccccc2)C=C1)c1ccccc1. The van der Waals surface area contributed by atoms with Crippen LogP contribution in [0.25, 0.3) is 0 Å². The van der Waals surface area contributed by atoms with Crippen LogP contribution in [0, 0.1) is 22.7 Å². The van der Waals surface area contributed by atoms with E-state index in [-0.39, 0.29) is 0 Å². The minimum atomic E-state index is -0.392. The molecule has 0 saturated carbocycles. The van der Waals surface area contributed by atoms with Crippen molar-refractivity contribution in [2.75, 3.05) is 10.2 Å². The Kier molecular flexibility index (Phi) is 7.50. The molecule has 5 aromatic rings. The van der Waals surface area contributed by atoms with Gasteiger partial charge in [-0.05, 0) is 54.0 Å². The van der Waals surface area contributed by atoms with Crippen molar-refractivity contribution in [1.29, 1.82) is 10.5 Å². The van der Waals surface area contributed by atoms with E-state index in [2.05, 4.69) is 83.0 Å². The van der Waals surface area contributed by atoms with Crippen LogP contribution in [-0.4, -0.2) is 5.84 Å². The fourth-order valence-electron chi connectivity index (χ4n) is 6.11. The molecule has 45 heavy (non-hydrogen) atoms. The Morgan fingerprint density at radius 3 is 2.11 bits per heavy atom. The van der Waals surface area contributed by atoms with E-state index in [9.17, 15) is 10.5 Å². The number of nitriles is 2. The Bertz CT molecular complexity index is 2030. The van der Waals surface area contributed by atoms with Crippen molar-refractivity contribution in [2.24, 2.45) is 4.99 Å². The molecular weight excluding hydrogens is 550 g/mol. The summed E-state index contributed by atoms with van der Waals surface area (Å²) in [6.07, 6.45) is 7.53. The van der Waals surface area contributed by atoms with Crippen LogP contribution in [-0.2, 0) is 0 Å². The summed E-state index contributed by atoms with van der Waals surface area (Å²) in [7, 11) is 0. The molecule has 2 unspecified atom stereocenters. The van der Waals surface area contributed by atoms with E-state index in [4.69, 9.17) is 4.99 Å². The van der Waals surface area contributed by atoms with Gasteiger partial charge in [0.05, 0.1) is 22.5 Å². The maximum absolute atomic E-state index is 10.5. The second-order valence-corrected chi connectivity index (χ2v) is 11.1. The second-order valence-electron chi connectivity index (χ2n) is 11.1. The van der Waals surface area contributed by atoms with Crippen LogP contribution < -0.4 is 10.2 Å². The van der Waals surface area contributed by atoms with Crippen LogP contribution in [0.4, 0.5) is 17.1 Å². The Morgan fingerprint density at radius 1 is 0.711 bits per heavy atom. The Labute approximate surface area is 263 Å². The van der Waals surface area contributed by atoms with Gasteiger partial charge in [-0.15, -0.1) is 0 Å². The van der Waals surface area contributed by atoms with E-state index in [0.29, 0.717) is 22.9 Å². The molecule has 1 heterocycles. The lowest BCUT2D eigenvalue weighted by molar-refractivity contribution is 0.839. The number of allylic oxidation sites excluding steroid dienone is 3. The zero-order chi connectivity index (χ0) is 30.6. The first-order chi connectivity index (χ1) is 22.2. The van der Waals surface area contributed by atoms with Gasteiger partial charge in [-0.2, -0.15) is 10.5 Å². The molecule has 0 fully saturated rings. The lowest BCUT2D eigenvalue weighted by Crippen LogP contribution is -2.23. The van der Waals surface area contributed by atoms with Gasteiger partial charge in [-0.1, -0.05) is 109 Å². The third-order valence-electron chi connectivity index (χ3n) is 8.34. The van der Waals surface area contributed by atoms with Crippen LogP contribution in [0.1, 0.15) is 51.8 Å². The molecule has 0 bridgehead atoms. The van der Waals surface area contributed by atoms with Crippen molar-refractivity contribution >= 4 is 22.9 Å². The van der Waals surface area contributed by atoms with Gasteiger partial charge in [-0.25, -0.2) is 0 Å². The third-order valence-corrected chi connectivity index (χ3v) is 8.34. The molecule has 1 aliphatic carbocycles. The van der Waals surface area contributed by atoms with Crippen LogP contribution in [0.15, 0.2) is 156 Å². The number of amidine groups is 1. The van der Waals surface area contributed by atoms with E-state index < -0.39 is 6.04 Å². The molecule has 1 aliphatic heterocycles. The lowest BCUT2D eigenvalue weighted by Gasteiger charge is -2.31. The molecule has 2 aliphatic rings. The number of anilines is 3. The van der Waals surface area contributed by atoms with Crippen molar-refractivity contribution in [3.8, 4) is 12.1 Å². The van der Waals surface area contributed by atoms with E-state index in [0.717, 1.165) is 45.9 Å². The van der Waals surface area contributed by atoms with Gasteiger partial charge in [0.2, 0.25) is 0 Å². The number of rotatable bonds is 6. The quantitative estimate of drug-likeness (QED) is 0.218. The number of nitrogens with one attached hydrogen (secondary N) is 1. The normalized spacial score (nSPS) is 16.7. The molecule has 7 rings (SSSR count). The van der Waals surface area contributed by atoms with Crippen molar-refractivity contribution in [3.63, 3.8) is 0 Å². The smallest absolute Gasteiger partial charge is 0.133 e. The van der Waals surface area contributed by atoms with E-state index in [1.807, 2.05) is 84.9 Å². The van der Waals surface area contributed by atoms with Gasteiger partial charge < -0.3 is 10.2 Å². The molecule has 2 atom stereocenters. The first kappa shape index (κ1) is 27.7. The second kappa shape index (κ2) is 12.2. The van der Waals surface area contributed by atoms with Gasteiger partial charge >= 0.3 is 0 Å². The predicted molar refractivity (Wildman–Crippen MR) is 180 cm³/mol. The Balaban J connectivity index is 1.31. The summed E-state index contributed by atoms with van der Waals surface area (Å²) in [6, 6.07) is 46.7. The number of hydrogen-bond acceptors (Lipinski definition) is 5. The molecule has 0 amide bonds. The van der Waals surface area contributed by atoms with Gasteiger partial charge in [0.25, 0.3) is 0 Å². The first-order valence-corrected chi connectivity index (χ1v) is 15.0. The van der Waals surface area contributed by atoms with Crippen molar-refractivity contribution < 1.29 is 0 Å². The fraction of sp³-hybridized carbons (Fsp3) is 0.0750. The van der Waals surface area contributed by atoms with Crippen LogP contribution in [0.2, 0.25) is 0 Å². The summed E-state index contributed by atoms with van der Waals surface area (Å²) >= 11 is 0. The highest BCUT2D eigenvalue weighted by Gasteiger charge is 2.27. The minimum absolute atomic E-state index is 0.306. The zero-order valence-electron chi connectivity index (χ0n) is 24.5. The maximum atomic E-state index is 10.5. The molecule has 5 nitrogen and oxygen atoms in total. The maximum Gasteiger partial charge on any atom is 0.133 e. The van der Waals surface area contributed by atoms with Crippen LogP contribution in [0.3, 0.4) is 0 Å². The zero-order valence-corrected chi connectivity index (χ0v) is 24.5.